The van der Waals surface area contributed by atoms with Gasteiger partial charge in [-0.05, 0) is 38.4 Å². The van der Waals surface area contributed by atoms with Crippen LogP contribution in [0.1, 0.15) is 44.2 Å². The average Bonchev–Trinajstić information content (AvgIpc) is 3.08. The predicted molar refractivity (Wildman–Crippen MR) is 96.3 cm³/mol. The lowest BCUT2D eigenvalue weighted by Crippen LogP contribution is -2.29. The number of hydrogen-bond acceptors (Lipinski definition) is 3. The van der Waals surface area contributed by atoms with Crippen LogP contribution in [0, 0.1) is 5.92 Å². The van der Waals surface area contributed by atoms with Crippen LogP contribution in [0.15, 0.2) is 17.2 Å². The second kappa shape index (κ2) is 5.77. The second-order valence-corrected chi connectivity index (χ2v) is 7.43. The number of nitrogens with zero attached hydrogens (tertiary/aromatic N) is 3. The van der Waals surface area contributed by atoms with Crippen molar-refractivity contribution in [1.29, 1.82) is 0 Å². The monoisotopic (exact) mass is 327 g/mol. The van der Waals surface area contributed by atoms with Crippen molar-refractivity contribution in [1.82, 2.24) is 24.4 Å². The molecule has 0 unspecified atom stereocenters. The normalized spacial score (nSPS) is 22.0. The molecule has 0 amide bonds. The number of imidazole rings is 1. The fourth-order valence-electron chi connectivity index (χ4n) is 4.22. The quantitative estimate of drug-likeness (QED) is 0.777. The summed E-state index contributed by atoms with van der Waals surface area (Å²) in [4.78, 5) is 25.7. The van der Waals surface area contributed by atoms with Crippen molar-refractivity contribution in [3.05, 3.63) is 28.4 Å². The molecule has 0 radical (unpaired) electrons. The minimum absolute atomic E-state index is 0.00458. The maximum Gasteiger partial charge on any atom is 0.326 e. The molecule has 0 saturated heterocycles. The Morgan fingerprint density at radius 2 is 2.12 bits per heavy atom. The summed E-state index contributed by atoms with van der Waals surface area (Å²) in [5, 5.41) is 1.08. The zero-order valence-electron chi connectivity index (χ0n) is 14.6. The van der Waals surface area contributed by atoms with Gasteiger partial charge in [0.05, 0.1) is 17.2 Å². The van der Waals surface area contributed by atoms with Crippen LogP contribution in [-0.4, -0.2) is 38.5 Å². The van der Waals surface area contributed by atoms with Gasteiger partial charge in [-0.3, -0.25) is 4.57 Å². The van der Waals surface area contributed by atoms with E-state index >= 15 is 0 Å². The number of aromatic nitrogens is 4. The largest absolute Gasteiger partial charge is 0.346 e. The van der Waals surface area contributed by atoms with Crippen LogP contribution in [0.5, 0.6) is 0 Å². The molecule has 1 aliphatic carbocycles. The number of fused-ring (bicyclic) bond motifs is 3. The van der Waals surface area contributed by atoms with Crippen LogP contribution in [0.4, 0.5) is 0 Å². The van der Waals surface area contributed by atoms with E-state index in [0.717, 1.165) is 35.0 Å². The van der Waals surface area contributed by atoms with E-state index in [1.165, 1.54) is 24.8 Å². The van der Waals surface area contributed by atoms with Gasteiger partial charge in [-0.1, -0.05) is 19.8 Å². The Hall–Kier alpha value is -2.08. The van der Waals surface area contributed by atoms with E-state index in [2.05, 4.69) is 40.9 Å². The Kier molecular flexibility index (Phi) is 3.72. The molecule has 4 rings (SSSR count). The highest BCUT2D eigenvalue weighted by molar-refractivity contribution is 6.03. The Bertz CT molecular complexity index is 932. The fourth-order valence-corrected chi connectivity index (χ4v) is 4.22. The van der Waals surface area contributed by atoms with Crippen molar-refractivity contribution >= 4 is 22.1 Å². The summed E-state index contributed by atoms with van der Waals surface area (Å²) >= 11 is 0. The number of H-pyrrole nitrogens is 2. The second-order valence-electron chi connectivity index (χ2n) is 7.43. The smallest absolute Gasteiger partial charge is 0.326 e. The Morgan fingerprint density at radius 1 is 1.33 bits per heavy atom. The van der Waals surface area contributed by atoms with Gasteiger partial charge in [0.1, 0.15) is 5.65 Å². The third kappa shape index (κ3) is 2.36. The summed E-state index contributed by atoms with van der Waals surface area (Å²) in [7, 11) is 4.11. The third-order valence-corrected chi connectivity index (χ3v) is 5.34. The summed E-state index contributed by atoms with van der Waals surface area (Å²) in [6.45, 7) is 3.09. The zero-order valence-corrected chi connectivity index (χ0v) is 14.6. The Morgan fingerprint density at radius 3 is 2.88 bits per heavy atom. The van der Waals surface area contributed by atoms with E-state index in [1.54, 1.807) is 6.20 Å². The standard InChI is InChI=1S/C18H25N5O/c1-11-6-4-5-7-14(11)23-16-13(21-18(23)24)9-20-17-15(16)12(8-19-17)10-22(2)3/h8-9,11,14H,4-7,10H2,1-3H3,(H,19,20)(H,21,24)/t11-,14+/m1/s1. The molecule has 0 aromatic carbocycles. The molecule has 1 saturated carbocycles. The van der Waals surface area contributed by atoms with E-state index in [-0.39, 0.29) is 11.7 Å². The van der Waals surface area contributed by atoms with Gasteiger partial charge in [0.2, 0.25) is 0 Å². The SMILES string of the molecule is C[C@@H]1CCCC[C@@H]1n1c(=O)[nH]c2cnc3[nH]cc(CN(C)C)c3c21. The molecule has 3 aromatic rings. The highest BCUT2D eigenvalue weighted by Gasteiger charge is 2.27. The van der Waals surface area contributed by atoms with Gasteiger partial charge >= 0.3 is 5.69 Å². The van der Waals surface area contributed by atoms with Crippen molar-refractivity contribution in [2.45, 2.75) is 45.2 Å². The molecule has 2 N–H and O–H groups in total. The summed E-state index contributed by atoms with van der Waals surface area (Å²) in [6, 6.07) is 0.271. The van der Waals surface area contributed by atoms with Crippen LogP contribution in [0.3, 0.4) is 0 Å². The maximum absolute atomic E-state index is 12.7. The lowest BCUT2D eigenvalue weighted by atomic mass is 9.85. The lowest BCUT2D eigenvalue weighted by Gasteiger charge is -2.29. The van der Waals surface area contributed by atoms with Crippen molar-refractivity contribution in [2.24, 2.45) is 5.92 Å². The van der Waals surface area contributed by atoms with E-state index in [0.29, 0.717) is 5.92 Å². The molecule has 3 heterocycles. The van der Waals surface area contributed by atoms with Crippen LogP contribution in [0.2, 0.25) is 0 Å². The summed E-state index contributed by atoms with van der Waals surface area (Å²) in [5.74, 6) is 0.523. The Labute approximate surface area is 140 Å². The molecule has 128 valence electrons. The molecular formula is C18H25N5O. The molecule has 1 fully saturated rings. The third-order valence-electron chi connectivity index (χ3n) is 5.34. The number of pyridine rings is 1. The lowest BCUT2D eigenvalue weighted by molar-refractivity contribution is 0.258. The molecule has 1 aliphatic rings. The van der Waals surface area contributed by atoms with Crippen molar-refractivity contribution in [2.75, 3.05) is 14.1 Å². The molecule has 6 heteroatoms. The first-order valence-electron chi connectivity index (χ1n) is 8.80. The van der Waals surface area contributed by atoms with Gasteiger partial charge in [0.15, 0.2) is 0 Å². The number of hydrogen-bond donors (Lipinski definition) is 2. The minimum Gasteiger partial charge on any atom is -0.346 e. The van der Waals surface area contributed by atoms with Gasteiger partial charge < -0.3 is 14.9 Å². The molecule has 6 nitrogen and oxygen atoms in total. The first-order chi connectivity index (χ1) is 11.6. The average molecular weight is 327 g/mol. The molecule has 3 aromatic heterocycles. The van der Waals surface area contributed by atoms with Gasteiger partial charge in [-0.2, -0.15) is 0 Å². The van der Waals surface area contributed by atoms with E-state index in [4.69, 9.17) is 0 Å². The summed E-state index contributed by atoms with van der Waals surface area (Å²) in [5.41, 5.74) is 3.89. The van der Waals surface area contributed by atoms with Crippen LogP contribution >= 0.6 is 0 Å². The zero-order chi connectivity index (χ0) is 16.8. The van der Waals surface area contributed by atoms with E-state index in [9.17, 15) is 4.79 Å². The molecule has 24 heavy (non-hydrogen) atoms. The molecule has 2 atom stereocenters. The first kappa shape index (κ1) is 15.4. The number of rotatable bonds is 3. The topological polar surface area (TPSA) is 69.7 Å². The molecule has 0 bridgehead atoms. The van der Waals surface area contributed by atoms with Gasteiger partial charge in [-0.15, -0.1) is 0 Å². The van der Waals surface area contributed by atoms with Gasteiger partial charge in [0, 0.05) is 24.2 Å². The van der Waals surface area contributed by atoms with Crippen LogP contribution < -0.4 is 5.69 Å². The van der Waals surface area contributed by atoms with Crippen LogP contribution in [0.25, 0.3) is 22.1 Å². The van der Waals surface area contributed by atoms with Crippen LogP contribution in [-0.2, 0) is 6.54 Å². The van der Waals surface area contributed by atoms with Crippen molar-refractivity contribution in [3.63, 3.8) is 0 Å². The van der Waals surface area contributed by atoms with Crippen molar-refractivity contribution in [3.8, 4) is 0 Å². The van der Waals surface area contributed by atoms with Crippen molar-refractivity contribution < 1.29 is 0 Å². The highest BCUT2D eigenvalue weighted by atomic mass is 16.1. The summed E-state index contributed by atoms with van der Waals surface area (Å²) in [6.07, 6.45) is 8.52. The maximum atomic E-state index is 12.7. The van der Waals surface area contributed by atoms with E-state index in [1.807, 2.05) is 10.8 Å². The Balaban J connectivity index is 2.00. The number of aromatic amines is 2. The molecule has 0 spiro atoms. The minimum atomic E-state index is -0.00458. The fraction of sp³-hybridized carbons (Fsp3) is 0.556. The predicted octanol–water partition coefficient (Wildman–Crippen LogP) is 3.02. The molecular weight excluding hydrogens is 302 g/mol. The highest BCUT2D eigenvalue weighted by Crippen LogP contribution is 2.36. The number of nitrogens with one attached hydrogen (secondary N) is 2. The van der Waals surface area contributed by atoms with Gasteiger partial charge in [-0.25, -0.2) is 9.78 Å². The van der Waals surface area contributed by atoms with E-state index < -0.39 is 0 Å². The summed E-state index contributed by atoms with van der Waals surface area (Å²) < 4.78 is 2.01. The first-order valence-corrected chi connectivity index (χ1v) is 8.80. The molecule has 0 aliphatic heterocycles. The van der Waals surface area contributed by atoms with Gasteiger partial charge in [0.25, 0.3) is 0 Å².